The van der Waals surface area contributed by atoms with Crippen LogP contribution in [0, 0.1) is 5.92 Å². The minimum Gasteiger partial charge on any atom is -0.508 e. The van der Waals surface area contributed by atoms with Gasteiger partial charge in [-0.3, -0.25) is 4.79 Å². The second-order valence-electron chi connectivity index (χ2n) is 7.27. The molecule has 0 aromatic rings. The van der Waals surface area contributed by atoms with Gasteiger partial charge in [-0.15, -0.1) is 0 Å². The Morgan fingerprint density at radius 1 is 1.18 bits per heavy atom. The van der Waals surface area contributed by atoms with Crippen LogP contribution in [-0.4, -0.2) is 85.9 Å². The first-order valence-electron chi connectivity index (χ1n) is 9.55. The van der Waals surface area contributed by atoms with Crippen LogP contribution in [0.4, 0.5) is 0 Å². The van der Waals surface area contributed by atoms with Crippen molar-refractivity contribution in [2.45, 2.75) is 68.7 Å². The maximum Gasteiger partial charge on any atom is 0.316 e. The van der Waals surface area contributed by atoms with Gasteiger partial charge in [0.2, 0.25) is 0 Å². The Kier molecular flexibility index (Phi) is 7.99. The van der Waals surface area contributed by atoms with E-state index in [-0.39, 0.29) is 12.4 Å². The summed E-state index contributed by atoms with van der Waals surface area (Å²) in [5, 5.41) is 60.6. The molecule has 1 heterocycles. The molecule has 160 valence electrons. The fraction of sp³-hybridized carbons (Fsp3) is 0.737. The van der Waals surface area contributed by atoms with Crippen molar-refractivity contribution in [3.63, 3.8) is 0 Å². The molecule has 9 nitrogen and oxygen atoms in total. The molecule has 1 fully saturated rings. The van der Waals surface area contributed by atoms with E-state index in [2.05, 4.69) is 6.92 Å². The minimum absolute atomic E-state index is 0.137. The van der Waals surface area contributed by atoms with Crippen molar-refractivity contribution in [3.05, 3.63) is 24.0 Å². The molecular weight excluding hydrogens is 372 g/mol. The fourth-order valence-corrected chi connectivity index (χ4v) is 3.49. The molecule has 1 aliphatic carbocycles. The van der Waals surface area contributed by atoms with Gasteiger partial charge in [0.1, 0.15) is 47.8 Å². The Morgan fingerprint density at radius 3 is 2.54 bits per heavy atom. The molecule has 9 heteroatoms. The minimum atomic E-state index is -2.17. The molecule has 0 saturated carbocycles. The third-order valence-electron chi connectivity index (χ3n) is 5.20. The molecule has 2 aliphatic rings. The van der Waals surface area contributed by atoms with Gasteiger partial charge < -0.3 is 40.1 Å². The highest BCUT2D eigenvalue weighted by molar-refractivity contribution is 5.77. The summed E-state index contributed by atoms with van der Waals surface area (Å²) < 4.78 is 10.6. The molecular formula is C19H30O9. The smallest absolute Gasteiger partial charge is 0.316 e. The van der Waals surface area contributed by atoms with Crippen molar-refractivity contribution < 1.29 is 44.9 Å². The summed E-state index contributed by atoms with van der Waals surface area (Å²) in [6.07, 6.45) is -1.01. The maximum atomic E-state index is 12.6. The lowest BCUT2D eigenvalue weighted by Gasteiger charge is -2.47. The van der Waals surface area contributed by atoms with Crippen LogP contribution in [0.15, 0.2) is 24.0 Å². The molecule has 7 atom stereocenters. The molecule has 6 N–H and O–H groups in total. The van der Waals surface area contributed by atoms with Crippen LogP contribution >= 0.6 is 0 Å². The lowest BCUT2D eigenvalue weighted by molar-refractivity contribution is -0.267. The summed E-state index contributed by atoms with van der Waals surface area (Å²) in [6.45, 7) is 1.52. The molecule has 1 saturated heterocycles. The van der Waals surface area contributed by atoms with Crippen LogP contribution in [0.3, 0.4) is 0 Å². The zero-order valence-corrected chi connectivity index (χ0v) is 15.8. The Labute approximate surface area is 163 Å². The topological polar surface area (TPSA) is 157 Å². The summed E-state index contributed by atoms with van der Waals surface area (Å²) in [5.74, 6) is -2.51. The SMILES string of the molecule is CCCCCCOC(=O)C1C=C(O)C=CC1(O)[C@@H]1O[C@H](CO)[C@@H](O)[C@H](O)[C@H]1O. The van der Waals surface area contributed by atoms with Crippen molar-refractivity contribution in [1.82, 2.24) is 0 Å². The molecule has 0 bridgehead atoms. The van der Waals surface area contributed by atoms with E-state index in [0.717, 1.165) is 37.5 Å². The number of aliphatic hydroxyl groups excluding tert-OH is 5. The standard InChI is InChI=1S/C19H30O9/c1-2-3-4-5-8-27-18(25)12-9-11(21)6-7-19(12,26)17-16(24)15(23)14(22)13(10-20)28-17/h6-7,9,12-17,20-24,26H,2-5,8,10H2,1H3/t12?,13-,14-,15+,16-,17-,19?/m1/s1. The van der Waals surface area contributed by atoms with Gasteiger partial charge in [0, 0.05) is 0 Å². The third kappa shape index (κ3) is 4.73. The molecule has 0 aromatic carbocycles. The number of hydrogen-bond donors (Lipinski definition) is 6. The van der Waals surface area contributed by atoms with Crippen molar-refractivity contribution in [1.29, 1.82) is 0 Å². The molecule has 0 amide bonds. The van der Waals surface area contributed by atoms with Gasteiger partial charge >= 0.3 is 5.97 Å². The van der Waals surface area contributed by atoms with Crippen molar-refractivity contribution in [2.24, 2.45) is 5.92 Å². The lowest BCUT2D eigenvalue weighted by Crippen LogP contribution is -2.67. The van der Waals surface area contributed by atoms with Crippen molar-refractivity contribution in [3.8, 4) is 0 Å². The average molecular weight is 402 g/mol. The highest BCUT2D eigenvalue weighted by Gasteiger charge is 2.56. The number of allylic oxidation sites excluding steroid dienone is 1. The van der Waals surface area contributed by atoms with E-state index in [1.54, 1.807) is 0 Å². The van der Waals surface area contributed by atoms with Crippen LogP contribution in [0.25, 0.3) is 0 Å². The molecule has 0 aromatic heterocycles. The van der Waals surface area contributed by atoms with E-state index in [0.29, 0.717) is 6.42 Å². The number of rotatable bonds is 8. The number of ether oxygens (including phenoxy) is 2. The number of carbonyl (C=O) groups is 1. The highest BCUT2D eigenvalue weighted by Crippen LogP contribution is 2.38. The van der Waals surface area contributed by atoms with Gasteiger partial charge in [0.25, 0.3) is 0 Å². The van der Waals surface area contributed by atoms with E-state index in [4.69, 9.17) is 9.47 Å². The van der Waals surface area contributed by atoms with Gasteiger partial charge in [-0.2, -0.15) is 0 Å². The summed E-state index contributed by atoms with van der Waals surface area (Å²) in [6, 6.07) is 0. The van der Waals surface area contributed by atoms with E-state index in [1.165, 1.54) is 0 Å². The van der Waals surface area contributed by atoms with Crippen LogP contribution in [0.5, 0.6) is 0 Å². The number of aliphatic hydroxyl groups is 6. The van der Waals surface area contributed by atoms with Crippen LogP contribution in [0.1, 0.15) is 32.6 Å². The van der Waals surface area contributed by atoms with Crippen LogP contribution in [0.2, 0.25) is 0 Å². The Morgan fingerprint density at radius 2 is 1.89 bits per heavy atom. The summed E-state index contributed by atoms with van der Waals surface area (Å²) in [7, 11) is 0. The zero-order chi connectivity index (χ0) is 20.9. The van der Waals surface area contributed by atoms with Gasteiger partial charge in [0.15, 0.2) is 0 Å². The summed E-state index contributed by atoms with van der Waals surface area (Å²) in [5.41, 5.74) is -2.17. The average Bonchev–Trinajstić information content (AvgIpc) is 2.68. The molecule has 2 rings (SSSR count). The second-order valence-corrected chi connectivity index (χ2v) is 7.27. The maximum absolute atomic E-state index is 12.6. The number of carbonyl (C=O) groups excluding carboxylic acids is 1. The first kappa shape index (κ1) is 22.8. The molecule has 0 radical (unpaired) electrons. The molecule has 28 heavy (non-hydrogen) atoms. The summed E-state index contributed by atoms with van der Waals surface area (Å²) >= 11 is 0. The first-order chi connectivity index (χ1) is 13.3. The molecule has 2 unspecified atom stereocenters. The third-order valence-corrected chi connectivity index (χ3v) is 5.20. The summed E-state index contributed by atoms with van der Waals surface area (Å²) in [4.78, 5) is 12.6. The Bertz CT molecular complexity index is 588. The van der Waals surface area contributed by atoms with E-state index < -0.39 is 54.6 Å². The zero-order valence-electron chi connectivity index (χ0n) is 15.8. The molecule has 1 aliphatic heterocycles. The van der Waals surface area contributed by atoms with Gasteiger partial charge in [-0.25, -0.2) is 0 Å². The predicted molar refractivity (Wildman–Crippen MR) is 97.2 cm³/mol. The van der Waals surface area contributed by atoms with Gasteiger partial charge in [0.05, 0.1) is 13.2 Å². The van der Waals surface area contributed by atoms with Crippen LogP contribution < -0.4 is 0 Å². The number of hydrogen-bond acceptors (Lipinski definition) is 9. The van der Waals surface area contributed by atoms with E-state index >= 15 is 0 Å². The lowest BCUT2D eigenvalue weighted by atomic mass is 9.74. The van der Waals surface area contributed by atoms with Crippen molar-refractivity contribution in [2.75, 3.05) is 13.2 Å². The first-order valence-corrected chi connectivity index (χ1v) is 9.55. The quantitative estimate of drug-likeness (QED) is 0.228. The highest BCUT2D eigenvalue weighted by atomic mass is 16.6. The fourth-order valence-electron chi connectivity index (χ4n) is 3.49. The predicted octanol–water partition coefficient (Wildman–Crippen LogP) is -0.689. The van der Waals surface area contributed by atoms with Gasteiger partial charge in [-0.05, 0) is 24.6 Å². The van der Waals surface area contributed by atoms with E-state index in [9.17, 15) is 35.4 Å². The number of unbranched alkanes of at least 4 members (excludes halogenated alkanes) is 3. The molecule has 0 spiro atoms. The van der Waals surface area contributed by atoms with E-state index in [1.807, 2.05) is 0 Å². The second kappa shape index (κ2) is 9.82. The Balaban J connectivity index is 2.19. The largest absolute Gasteiger partial charge is 0.508 e. The van der Waals surface area contributed by atoms with Gasteiger partial charge in [-0.1, -0.05) is 26.2 Å². The van der Waals surface area contributed by atoms with Crippen molar-refractivity contribution >= 4 is 5.97 Å². The van der Waals surface area contributed by atoms with Crippen LogP contribution in [-0.2, 0) is 14.3 Å². The number of esters is 1. The Hall–Kier alpha value is -1.49. The monoisotopic (exact) mass is 402 g/mol. The normalized spacial score (nSPS) is 38.1.